The van der Waals surface area contributed by atoms with Crippen molar-refractivity contribution in [3.63, 3.8) is 0 Å². The minimum atomic E-state index is -0.758. The van der Waals surface area contributed by atoms with Crippen molar-refractivity contribution in [1.82, 2.24) is 5.32 Å². The fraction of sp³-hybridized carbons (Fsp3) is 0.400. The van der Waals surface area contributed by atoms with Crippen LogP contribution in [0.5, 0.6) is 0 Å². The van der Waals surface area contributed by atoms with Gasteiger partial charge < -0.3 is 5.32 Å². The number of halogens is 1. The Morgan fingerprint density at radius 1 is 1.53 bits per heavy atom. The van der Waals surface area contributed by atoms with E-state index in [0.717, 1.165) is 24.9 Å². The molecular weight excluding hydrogens is 199 g/mol. The summed E-state index contributed by atoms with van der Waals surface area (Å²) in [5.41, 5.74) is 0.326. The van der Waals surface area contributed by atoms with Crippen molar-refractivity contribution in [1.29, 1.82) is 0 Å². The second-order valence-corrected chi connectivity index (χ2v) is 3.62. The van der Waals surface area contributed by atoms with Crippen LogP contribution in [0.3, 0.4) is 0 Å². The molecule has 15 heavy (non-hydrogen) atoms. The normalized spacial score (nSPS) is 20.5. The van der Waals surface area contributed by atoms with Gasteiger partial charge >= 0.3 is 5.69 Å². The molecule has 1 heterocycles. The molecule has 1 aliphatic heterocycles. The van der Waals surface area contributed by atoms with E-state index in [1.54, 1.807) is 6.07 Å². The minimum absolute atomic E-state index is 0.139. The van der Waals surface area contributed by atoms with E-state index in [0.29, 0.717) is 0 Å². The van der Waals surface area contributed by atoms with Crippen LogP contribution < -0.4 is 5.32 Å². The predicted octanol–water partition coefficient (Wildman–Crippen LogP) is 2.16. The van der Waals surface area contributed by atoms with Gasteiger partial charge in [0.25, 0.3) is 0 Å². The Kier molecular flexibility index (Phi) is 2.64. The topological polar surface area (TPSA) is 55.2 Å². The molecule has 1 aromatic rings. The second kappa shape index (κ2) is 3.94. The molecule has 0 aliphatic carbocycles. The van der Waals surface area contributed by atoms with Crippen molar-refractivity contribution < 1.29 is 9.31 Å². The van der Waals surface area contributed by atoms with Crippen LogP contribution in [0.2, 0.25) is 0 Å². The van der Waals surface area contributed by atoms with Gasteiger partial charge in [0.2, 0.25) is 5.82 Å². The summed E-state index contributed by atoms with van der Waals surface area (Å²) in [6.45, 7) is 0.920. The van der Waals surface area contributed by atoms with E-state index >= 15 is 0 Å². The van der Waals surface area contributed by atoms with Gasteiger partial charge in [-0.15, -0.1) is 0 Å². The van der Waals surface area contributed by atoms with E-state index in [-0.39, 0.29) is 6.04 Å². The molecule has 0 spiro atoms. The Bertz CT molecular complexity index is 389. The van der Waals surface area contributed by atoms with E-state index in [9.17, 15) is 14.5 Å². The van der Waals surface area contributed by atoms with Gasteiger partial charge in [0.05, 0.1) is 4.92 Å². The average Bonchev–Trinajstić information content (AvgIpc) is 2.69. The fourth-order valence-electron chi connectivity index (χ4n) is 1.86. The van der Waals surface area contributed by atoms with Gasteiger partial charge in [-0.25, -0.2) is 0 Å². The summed E-state index contributed by atoms with van der Waals surface area (Å²) in [7, 11) is 0. The SMILES string of the molecule is O=[N+]([O-])c1ccc(C2CCCN2)cc1F. The van der Waals surface area contributed by atoms with Crippen LogP contribution in [-0.4, -0.2) is 11.5 Å². The van der Waals surface area contributed by atoms with Gasteiger partial charge in [-0.1, -0.05) is 6.07 Å². The van der Waals surface area contributed by atoms with Crippen LogP contribution in [0, 0.1) is 15.9 Å². The summed E-state index contributed by atoms with van der Waals surface area (Å²) in [5, 5.41) is 13.6. The molecule has 80 valence electrons. The number of hydrogen-bond acceptors (Lipinski definition) is 3. The highest BCUT2D eigenvalue weighted by Gasteiger charge is 2.20. The number of nitro benzene ring substituents is 1. The summed E-state index contributed by atoms with van der Waals surface area (Å²) in [4.78, 5) is 9.70. The predicted molar refractivity (Wildman–Crippen MR) is 53.0 cm³/mol. The van der Waals surface area contributed by atoms with E-state index in [1.165, 1.54) is 12.1 Å². The first-order valence-corrected chi connectivity index (χ1v) is 4.85. The standard InChI is InChI=1S/C10H11FN2O2/c11-8-6-7(9-2-1-5-12-9)3-4-10(8)13(14)15/h3-4,6,9,12H,1-2,5H2. The van der Waals surface area contributed by atoms with E-state index in [1.807, 2.05) is 0 Å². The highest BCUT2D eigenvalue weighted by atomic mass is 19.1. The van der Waals surface area contributed by atoms with Gasteiger partial charge in [-0.05, 0) is 31.0 Å². The number of rotatable bonds is 2. The highest BCUT2D eigenvalue weighted by Crippen LogP contribution is 2.26. The number of hydrogen-bond donors (Lipinski definition) is 1. The van der Waals surface area contributed by atoms with Crippen molar-refractivity contribution in [3.8, 4) is 0 Å². The van der Waals surface area contributed by atoms with Crippen molar-refractivity contribution >= 4 is 5.69 Å². The summed E-state index contributed by atoms with van der Waals surface area (Å²) in [6, 6.07) is 4.23. The van der Waals surface area contributed by atoms with Gasteiger partial charge in [0, 0.05) is 12.1 Å². The summed E-state index contributed by atoms with van der Waals surface area (Å²) < 4.78 is 13.3. The molecule has 1 fully saturated rings. The molecule has 1 unspecified atom stereocenters. The maximum atomic E-state index is 13.3. The molecule has 1 N–H and O–H groups in total. The van der Waals surface area contributed by atoms with E-state index in [4.69, 9.17) is 0 Å². The molecule has 1 atom stereocenters. The van der Waals surface area contributed by atoms with Gasteiger partial charge in [-0.2, -0.15) is 4.39 Å². The van der Waals surface area contributed by atoms with E-state index in [2.05, 4.69) is 5.32 Å². The first-order chi connectivity index (χ1) is 7.18. The number of nitrogens with zero attached hydrogens (tertiary/aromatic N) is 1. The zero-order valence-electron chi connectivity index (χ0n) is 8.07. The average molecular weight is 210 g/mol. The maximum Gasteiger partial charge on any atom is 0.304 e. The van der Waals surface area contributed by atoms with Crippen LogP contribution in [0.25, 0.3) is 0 Å². The molecule has 4 nitrogen and oxygen atoms in total. The zero-order chi connectivity index (χ0) is 10.8. The second-order valence-electron chi connectivity index (χ2n) is 3.62. The molecule has 0 bridgehead atoms. The zero-order valence-corrected chi connectivity index (χ0v) is 8.07. The Morgan fingerprint density at radius 2 is 2.33 bits per heavy atom. The lowest BCUT2D eigenvalue weighted by atomic mass is 10.0. The monoisotopic (exact) mass is 210 g/mol. The van der Waals surface area contributed by atoms with Crippen LogP contribution in [0.1, 0.15) is 24.4 Å². The molecule has 2 rings (SSSR count). The lowest BCUT2D eigenvalue weighted by Gasteiger charge is -2.09. The molecular formula is C10H11FN2O2. The maximum absolute atomic E-state index is 13.3. The molecule has 1 aliphatic rings. The summed E-state index contributed by atoms with van der Waals surface area (Å²) >= 11 is 0. The van der Waals surface area contributed by atoms with Crippen LogP contribution in [-0.2, 0) is 0 Å². The van der Waals surface area contributed by atoms with Crippen LogP contribution in [0.4, 0.5) is 10.1 Å². The van der Waals surface area contributed by atoms with Gasteiger partial charge in [0.15, 0.2) is 0 Å². The van der Waals surface area contributed by atoms with Crippen LogP contribution >= 0.6 is 0 Å². The lowest BCUT2D eigenvalue weighted by Crippen LogP contribution is -2.13. The van der Waals surface area contributed by atoms with Crippen molar-refractivity contribution in [3.05, 3.63) is 39.7 Å². The Morgan fingerprint density at radius 3 is 2.87 bits per heavy atom. The van der Waals surface area contributed by atoms with Crippen molar-refractivity contribution in [2.24, 2.45) is 0 Å². The largest absolute Gasteiger partial charge is 0.310 e. The number of nitro groups is 1. The minimum Gasteiger partial charge on any atom is -0.310 e. The van der Waals surface area contributed by atoms with Crippen molar-refractivity contribution in [2.45, 2.75) is 18.9 Å². The third-order valence-electron chi connectivity index (χ3n) is 2.63. The lowest BCUT2D eigenvalue weighted by molar-refractivity contribution is -0.387. The molecule has 1 aromatic carbocycles. The first kappa shape index (κ1) is 10.0. The van der Waals surface area contributed by atoms with Crippen molar-refractivity contribution in [2.75, 3.05) is 6.54 Å². The third-order valence-corrected chi connectivity index (χ3v) is 2.63. The smallest absolute Gasteiger partial charge is 0.304 e. The van der Waals surface area contributed by atoms with Crippen LogP contribution in [0.15, 0.2) is 18.2 Å². The van der Waals surface area contributed by atoms with Gasteiger partial charge in [0.1, 0.15) is 0 Å². The quantitative estimate of drug-likeness (QED) is 0.601. The molecule has 0 aromatic heterocycles. The molecule has 1 saturated heterocycles. The highest BCUT2D eigenvalue weighted by molar-refractivity contribution is 5.36. The Labute approximate surface area is 86.3 Å². The van der Waals surface area contributed by atoms with Gasteiger partial charge in [-0.3, -0.25) is 10.1 Å². The Balaban J connectivity index is 2.28. The molecule has 0 radical (unpaired) electrons. The number of nitrogens with one attached hydrogen (secondary N) is 1. The third kappa shape index (κ3) is 1.97. The first-order valence-electron chi connectivity index (χ1n) is 4.85. The molecule has 5 heteroatoms. The fourth-order valence-corrected chi connectivity index (χ4v) is 1.86. The number of benzene rings is 1. The molecule has 0 amide bonds. The summed E-state index contributed by atoms with van der Waals surface area (Å²) in [5.74, 6) is -0.758. The Hall–Kier alpha value is -1.49. The van der Waals surface area contributed by atoms with E-state index < -0.39 is 16.4 Å². The summed E-state index contributed by atoms with van der Waals surface area (Å²) in [6.07, 6.45) is 2.01. The molecule has 0 saturated carbocycles.